The van der Waals surface area contributed by atoms with Crippen molar-refractivity contribution in [1.29, 1.82) is 0 Å². The number of aromatic nitrogens is 2. The highest BCUT2D eigenvalue weighted by atomic mass is 15.2. The Balaban J connectivity index is 2.32. The van der Waals surface area contributed by atoms with Crippen LogP contribution in [0.3, 0.4) is 0 Å². The molecule has 1 aliphatic rings. The van der Waals surface area contributed by atoms with Gasteiger partial charge >= 0.3 is 0 Å². The molecule has 0 unspecified atom stereocenters. The molecule has 2 heterocycles. The summed E-state index contributed by atoms with van der Waals surface area (Å²) in [6.45, 7) is 2.09. The van der Waals surface area contributed by atoms with Gasteiger partial charge in [0.15, 0.2) is 11.6 Å². The quantitative estimate of drug-likeness (QED) is 0.723. The van der Waals surface area contributed by atoms with E-state index >= 15 is 0 Å². The van der Waals surface area contributed by atoms with Crippen molar-refractivity contribution in [2.45, 2.75) is 12.8 Å². The zero-order chi connectivity index (χ0) is 9.97. The van der Waals surface area contributed by atoms with Gasteiger partial charge in [-0.25, -0.2) is 9.97 Å². The van der Waals surface area contributed by atoms with E-state index in [1.807, 2.05) is 7.05 Å². The van der Waals surface area contributed by atoms with Crippen LogP contribution in [0.4, 0.5) is 17.3 Å². The Kier molecular flexibility index (Phi) is 2.39. The number of rotatable bonds is 2. The van der Waals surface area contributed by atoms with Crippen molar-refractivity contribution < 1.29 is 0 Å². The summed E-state index contributed by atoms with van der Waals surface area (Å²) in [5.41, 5.74) is 6.59. The highest BCUT2D eigenvalue weighted by molar-refractivity contribution is 5.74. The minimum Gasteiger partial charge on any atom is -0.393 e. The number of nitrogens with two attached hydrogens (primary N) is 1. The minimum absolute atomic E-state index is 0.650. The first-order valence-electron chi connectivity index (χ1n) is 4.86. The van der Waals surface area contributed by atoms with Gasteiger partial charge in [0.2, 0.25) is 0 Å². The fourth-order valence-electron chi connectivity index (χ4n) is 1.77. The van der Waals surface area contributed by atoms with Gasteiger partial charge in [0.1, 0.15) is 12.0 Å². The molecule has 1 aliphatic heterocycles. The topological polar surface area (TPSA) is 67.1 Å². The Labute approximate surface area is 83.3 Å². The van der Waals surface area contributed by atoms with Crippen LogP contribution in [-0.2, 0) is 0 Å². The lowest BCUT2D eigenvalue weighted by Gasteiger charge is -2.18. The fourth-order valence-corrected chi connectivity index (χ4v) is 1.77. The number of nitrogens with zero attached hydrogens (tertiary/aromatic N) is 3. The smallest absolute Gasteiger partial charge is 0.157 e. The lowest BCUT2D eigenvalue weighted by atomic mass is 10.4. The standard InChI is InChI=1S/C9H15N5/c1-11-8-7(10)9(13-6-12-8)14-4-2-3-5-14/h6H,2-5,10H2,1H3,(H,11,12,13). The van der Waals surface area contributed by atoms with Crippen LogP contribution in [0, 0.1) is 0 Å². The molecule has 14 heavy (non-hydrogen) atoms. The average Bonchev–Trinajstić information content (AvgIpc) is 2.71. The number of hydrogen-bond acceptors (Lipinski definition) is 5. The van der Waals surface area contributed by atoms with E-state index in [-0.39, 0.29) is 0 Å². The Morgan fingerprint density at radius 2 is 2.07 bits per heavy atom. The van der Waals surface area contributed by atoms with Gasteiger partial charge in [-0.2, -0.15) is 0 Å². The maximum absolute atomic E-state index is 5.94. The molecule has 76 valence electrons. The van der Waals surface area contributed by atoms with Gasteiger partial charge in [0, 0.05) is 20.1 Å². The molecule has 5 heteroatoms. The molecule has 0 spiro atoms. The number of anilines is 3. The van der Waals surface area contributed by atoms with E-state index in [1.165, 1.54) is 12.8 Å². The van der Waals surface area contributed by atoms with Crippen LogP contribution < -0.4 is 16.0 Å². The summed E-state index contributed by atoms with van der Waals surface area (Å²) in [6.07, 6.45) is 3.99. The molecule has 1 saturated heterocycles. The number of nitrogens with one attached hydrogen (secondary N) is 1. The van der Waals surface area contributed by atoms with Crippen molar-refractivity contribution in [2.24, 2.45) is 0 Å². The van der Waals surface area contributed by atoms with Gasteiger partial charge < -0.3 is 16.0 Å². The first-order valence-corrected chi connectivity index (χ1v) is 4.86. The molecule has 1 fully saturated rings. The molecular weight excluding hydrogens is 178 g/mol. The van der Waals surface area contributed by atoms with E-state index in [9.17, 15) is 0 Å². The summed E-state index contributed by atoms with van der Waals surface area (Å²) in [7, 11) is 1.81. The van der Waals surface area contributed by atoms with Gasteiger partial charge in [0.25, 0.3) is 0 Å². The lowest BCUT2D eigenvalue weighted by Crippen LogP contribution is -2.21. The summed E-state index contributed by atoms with van der Waals surface area (Å²) >= 11 is 0. The first-order chi connectivity index (χ1) is 6.83. The Hall–Kier alpha value is -1.52. The number of nitrogen functional groups attached to an aromatic ring is 1. The van der Waals surface area contributed by atoms with Crippen molar-refractivity contribution in [3.8, 4) is 0 Å². The van der Waals surface area contributed by atoms with Gasteiger partial charge in [-0.15, -0.1) is 0 Å². The van der Waals surface area contributed by atoms with E-state index in [1.54, 1.807) is 6.33 Å². The highest BCUT2D eigenvalue weighted by Crippen LogP contribution is 2.27. The van der Waals surface area contributed by atoms with E-state index in [2.05, 4.69) is 20.2 Å². The third-order valence-electron chi connectivity index (χ3n) is 2.51. The van der Waals surface area contributed by atoms with E-state index in [0.29, 0.717) is 11.5 Å². The fraction of sp³-hybridized carbons (Fsp3) is 0.556. The van der Waals surface area contributed by atoms with Crippen LogP contribution >= 0.6 is 0 Å². The summed E-state index contributed by atoms with van der Waals surface area (Å²) in [4.78, 5) is 10.5. The third kappa shape index (κ3) is 1.45. The Morgan fingerprint density at radius 3 is 2.71 bits per heavy atom. The zero-order valence-corrected chi connectivity index (χ0v) is 8.32. The van der Waals surface area contributed by atoms with Gasteiger partial charge in [-0.1, -0.05) is 0 Å². The van der Waals surface area contributed by atoms with Crippen LogP contribution in [0.15, 0.2) is 6.33 Å². The van der Waals surface area contributed by atoms with Crippen molar-refractivity contribution in [2.75, 3.05) is 36.1 Å². The van der Waals surface area contributed by atoms with Crippen LogP contribution in [-0.4, -0.2) is 30.1 Å². The van der Waals surface area contributed by atoms with Crippen molar-refractivity contribution in [3.63, 3.8) is 0 Å². The molecule has 5 nitrogen and oxygen atoms in total. The highest BCUT2D eigenvalue weighted by Gasteiger charge is 2.17. The third-order valence-corrected chi connectivity index (χ3v) is 2.51. The molecule has 0 amide bonds. The molecule has 1 aromatic heterocycles. The molecule has 0 aromatic carbocycles. The monoisotopic (exact) mass is 193 g/mol. The van der Waals surface area contributed by atoms with Gasteiger partial charge in [0.05, 0.1) is 0 Å². The van der Waals surface area contributed by atoms with E-state index in [4.69, 9.17) is 5.73 Å². The number of hydrogen-bond donors (Lipinski definition) is 2. The second-order valence-electron chi connectivity index (χ2n) is 3.40. The molecule has 0 aliphatic carbocycles. The van der Waals surface area contributed by atoms with Crippen molar-refractivity contribution >= 4 is 17.3 Å². The lowest BCUT2D eigenvalue weighted by molar-refractivity contribution is 0.931. The summed E-state index contributed by atoms with van der Waals surface area (Å²) < 4.78 is 0. The van der Waals surface area contributed by atoms with Gasteiger partial charge in [-0.05, 0) is 12.8 Å². The SMILES string of the molecule is CNc1ncnc(N2CCCC2)c1N. The maximum Gasteiger partial charge on any atom is 0.157 e. The Morgan fingerprint density at radius 1 is 1.36 bits per heavy atom. The van der Waals surface area contributed by atoms with Crippen molar-refractivity contribution in [3.05, 3.63) is 6.33 Å². The van der Waals surface area contributed by atoms with Crippen LogP contribution in [0.2, 0.25) is 0 Å². The normalized spacial score (nSPS) is 15.9. The Bertz CT molecular complexity index is 319. The molecule has 0 radical (unpaired) electrons. The summed E-state index contributed by atoms with van der Waals surface area (Å²) in [5.74, 6) is 1.57. The maximum atomic E-state index is 5.94. The first kappa shape index (κ1) is 9.05. The van der Waals surface area contributed by atoms with Gasteiger partial charge in [-0.3, -0.25) is 0 Å². The minimum atomic E-state index is 0.650. The summed E-state index contributed by atoms with van der Waals surface area (Å²) in [6, 6.07) is 0. The molecule has 3 N–H and O–H groups in total. The van der Waals surface area contributed by atoms with E-state index in [0.717, 1.165) is 18.9 Å². The molecule has 0 atom stereocenters. The molecular formula is C9H15N5. The van der Waals surface area contributed by atoms with Crippen LogP contribution in [0.25, 0.3) is 0 Å². The molecule has 0 bridgehead atoms. The molecule has 1 aromatic rings. The second kappa shape index (κ2) is 3.69. The summed E-state index contributed by atoms with van der Waals surface area (Å²) in [5, 5.41) is 2.96. The largest absolute Gasteiger partial charge is 0.393 e. The molecule has 0 saturated carbocycles. The van der Waals surface area contributed by atoms with Crippen LogP contribution in [0.5, 0.6) is 0 Å². The predicted octanol–water partition coefficient (Wildman–Crippen LogP) is 0.701. The molecule has 2 rings (SSSR count). The second-order valence-corrected chi connectivity index (χ2v) is 3.40. The zero-order valence-electron chi connectivity index (χ0n) is 8.32. The van der Waals surface area contributed by atoms with Crippen LogP contribution in [0.1, 0.15) is 12.8 Å². The van der Waals surface area contributed by atoms with E-state index < -0.39 is 0 Å². The van der Waals surface area contributed by atoms with Crippen molar-refractivity contribution in [1.82, 2.24) is 9.97 Å². The predicted molar refractivity (Wildman–Crippen MR) is 57.4 cm³/mol. The average molecular weight is 193 g/mol.